The van der Waals surface area contributed by atoms with E-state index in [-0.39, 0.29) is 23.1 Å². The summed E-state index contributed by atoms with van der Waals surface area (Å²) >= 11 is 0. The molecule has 102 valence electrons. The molecule has 0 unspecified atom stereocenters. The first-order chi connectivity index (χ1) is 7.97. The highest BCUT2D eigenvalue weighted by Gasteiger charge is 2.24. The van der Waals surface area contributed by atoms with Gasteiger partial charge in [-0.05, 0) is 19.4 Å². The highest BCUT2D eigenvalue weighted by molar-refractivity contribution is 5.94. The molecule has 1 saturated heterocycles. The van der Waals surface area contributed by atoms with Gasteiger partial charge in [0, 0.05) is 17.2 Å². The minimum atomic E-state index is -0.0956. The molecule has 0 aromatic carbocycles. The summed E-state index contributed by atoms with van der Waals surface area (Å²) in [5, 5.41) is 9.77. The maximum Gasteiger partial charge on any atom is 0.242 e. The van der Waals surface area contributed by atoms with Crippen LogP contribution in [0, 0.1) is 0 Å². The largest absolute Gasteiger partial charge is 0.359 e. The number of nitrogens with zero attached hydrogens (tertiary/aromatic N) is 1. The first-order valence-electron chi connectivity index (χ1n) is 5.98. The van der Waals surface area contributed by atoms with Crippen molar-refractivity contribution in [1.29, 1.82) is 0 Å². The Bertz CT molecular complexity index is 415. The van der Waals surface area contributed by atoms with Gasteiger partial charge in [-0.2, -0.15) is 0 Å². The molecule has 1 aromatic heterocycles. The third kappa shape index (κ3) is 2.85. The summed E-state index contributed by atoms with van der Waals surface area (Å²) in [7, 11) is 0. The third-order valence-electron chi connectivity index (χ3n) is 2.88. The van der Waals surface area contributed by atoms with E-state index in [9.17, 15) is 4.79 Å². The van der Waals surface area contributed by atoms with Crippen LogP contribution in [0.5, 0.6) is 0 Å². The van der Waals surface area contributed by atoms with Gasteiger partial charge in [-0.1, -0.05) is 25.9 Å². The second-order valence-electron chi connectivity index (χ2n) is 5.46. The number of carbonyl (C=O) groups is 1. The number of nitrogens with one attached hydrogen (secondary N) is 2. The predicted molar refractivity (Wildman–Crippen MR) is 73.3 cm³/mol. The zero-order chi connectivity index (χ0) is 12.5. The standard InChI is InChI=1S/C12H19N3O2.4H2/c1-12(2,3)9-7-10(15-17-9)14-11(16)8-5-4-6-13-8;;;;/h7-8,13H,4-6H2,1-3H3,(H,14,15,16);4*1H/t8-;;;;/m0..../s1. The molecule has 5 heteroatoms. The van der Waals surface area contributed by atoms with E-state index in [0.29, 0.717) is 5.82 Å². The average molecular weight is 245 g/mol. The Morgan fingerprint density at radius 2 is 2.41 bits per heavy atom. The van der Waals surface area contributed by atoms with Gasteiger partial charge in [-0.25, -0.2) is 0 Å². The number of carbonyl (C=O) groups excluding carboxylic acids is 1. The van der Waals surface area contributed by atoms with Crippen molar-refractivity contribution < 1.29 is 15.0 Å². The lowest BCUT2D eigenvalue weighted by atomic mass is 9.93. The minimum Gasteiger partial charge on any atom is -0.359 e. The Morgan fingerprint density at radius 3 is 2.94 bits per heavy atom. The number of aromatic nitrogens is 1. The zero-order valence-corrected chi connectivity index (χ0v) is 10.5. The van der Waals surface area contributed by atoms with E-state index in [1.807, 2.05) is 20.8 Å². The minimum absolute atomic E-state index is 0. The number of amides is 1. The van der Waals surface area contributed by atoms with Gasteiger partial charge in [0.1, 0.15) is 5.76 Å². The van der Waals surface area contributed by atoms with Crippen LogP contribution in [0.3, 0.4) is 0 Å². The molecule has 0 saturated carbocycles. The number of hydrogen-bond donors (Lipinski definition) is 2. The lowest BCUT2D eigenvalue weighted by Crippen LogP contribution is -2.35. The second kappa shape index (κ2) is 4.49. The molecule has 1 atom stereocenters. The third-order valence-corrected chi connectivity index (χ3v) is 2.88. The Kier molecular flexibility index (Phi) is 3.19. The fraction of sp³-hybridized carbons (Fsp3) is 0.667. The molecule has 2 N–H and O–H groups in total. The van der Waals surface area contributed by atoms with E-state index in [0.717, 1.165) is 25.1 Å². The van der Waals surface area contributed by atoms with E-state index in [4.69, 9.17) is 4.52 Å². The Balaban J connectivity index is -0.000000810. The maximum atomic E-state index is 11.8. The van der Waals surface area contributed by atoms with Gasteiger partial charge in [-0.15, -0.1) is 0 Å². The van der Waals surface area contributed by atoms with Gasteiger partial charge in [0.25, 0.3) is 0 Å². The van der Waals surface area contributed by atoms with Crippen LogP contribution in [-0.4, -0.2) is 23.7 Å². The highest BCUT2D eigenvalue weighted by atomic mass is 16.5. The quantitative estimate of drug-likeness (QED) is 0.840. The van der Waals surface area contributed by atoms with E-state index in [2.05, 4.69) is 15.8 Å². The van der Waals surface area contributed by atoms with Crippen molar-refractivity contribution in [3.8, 4) is 0 Å². The summed E-state index contributed by atoms with van der Waals surface area (Å²) in [6, 6.07) is 1.69. The average Bonchev–Trinajstić information content (AvgIpc) is 2.85. The SMILES string of the molecule is CC(C)(C)c1cc(NC(=O)[C@@H]2CCCN2)no1.[HH].[HH].[HH].[HH]. The fourth-order valence-corrected chi connectivity index (χ4v) is 1.81. The van der Waals surface area contributed by atoms with Crippen LogP contribution in [0.1, 0.15) is 45.1 Å². The fourth-order valence-electron chi connectivity index (χ4n) is 1.81. The van der Waals surface area contributed by atoms with E-state index >= 15 is 0 Å². The molecular formula is C12H27N3O2. The molecule has 1 aromatic rings. The van der Waals surface area contributed by atoms with Gasteiger partial charge < -0.3 is 15.2 Å². The highest BCUT2D eigenvalue weighted by Crippen LogP contribution is 2.24. The molecule has 1 aliphatic heterocycles. The van der Waals surface area contributed by atoms with Crippen molar-refractivity contribution in [1.82, 2.24) is 10.5 Å². The summed E-state index contributed by atoms with van der Waals surface area (Å²) < 4.78 is 5.21. The smallest absolute Gasteiger partial charge is 0.242 e. The van der Waals surface area contributed by atoms with Gasteiger partial charge >= 0.3 is 0 Å². The molecule has 0 spiro atoms. The number of hydrogen-bond acceptors (Lipinski definition) is 4. The first kappa shape index (κ1) is 12.1. The predicted octanol–water partition coefficient (Wildman–Crippen LogP) is 2.65. The Morgan fingerprint density at radius 1 is 1.65 bits per heavy atom. The van der Waals surface area contributed by atoms with Crippen LogP contribution >= 0.6 is 0 Å². The summed E-state index contributed by atoms with van der Waals surface area (Å²) in [4.78, 5) is 11.8. The molecule has 5 nitrogen and oxygen atoms in total. The molecule has 2 heterocycles. The summed E-state index contributed by atoms with van der Waals surface area (Å²) in [6.45, 7) is 7.02. The lowest BCUT2D eigenvalue weighted by molar-refractivity contribution is -0.117. The normalized spacial score (nSPS) is 20.5. The van der Waals surface area contributed by atoms with Gasteiger partial charge in [0.05, 0.1) is 6.04 Å². The lowest BCUT2D eigenvalue weighted by Gasteiger charge is -2.12. The number of anilines is 1. The van der Waals surface area contributed by atoms with E-state index in [1.165, 1.54) is 0 Å². The molecule has 0 aliphatic carbocycles. The zero-order valence-electron chi connectivity index (χ0n) is 10.5. The van der Waals surface area contributed by atoms with Crippen LogP contribution in [0.2, 0.25) is 0 Å². The van der Waals surface area contributed by atoms with Gasteiger partial charge in [0.2, 0.25) is 5.91 Å². The first-order valence-corrected chi connectivity index (χ1v) is 5.98. The van der Waals surface area contributed by atoms with Gasteiger partial charge in [-0.3, -0.25) is 4.79 Å². The van der Waals surface area contributed by atoms with Crippen molar-refractivity contribution in [3.63, 3.8) is 0 Å². The van der Waals surface area contributed by atoms with E-state index in [1.54, 1.807) is 6.07 Å². The Labute approximate surface area is 107 Å². The molecule has 1 fully saturated rings. The van der Waals surface area contributed by atoms with Crippen molar-refractivity contribution in [2.75, 3.05) is 11.9 Å². The van der Waals surface area contributed by atoms with Crippen LogP contribution in [0.25, 0.3) is 0 Å². The molecule has 0 bridgehead atoms. The van der Waals surface area contributed by atoms with Crippen LogP contribution in [0.15, 0.2) is 10.6 Å². The van der Waals surface area contributed by atoms with Crippen LogP contribution in [0.4, 0.5) is 5.82 Å². The van der Waals surface area contributed by atoms with Crippen LogP contribution < -0.4 is 10.6 Å². The van der Waals surface area contributed by atoms with E-state index < -0.39 is 0 Å². The second-order valence-corrected chi connectivity index (χ2v) is 5.46. The molecule has 2 rings (SSSR count). The van der Waals surface area contributed by atoms with Crippen LogP contribution in [-0.2, 0) is 10.2 Å². The van der Waals surface area contributed by atoms with Crippen molar-refractivity contribution >= 4 is 11.7 Å². The van der Waals surface area contributed by atoms with Crippen molar-refractivity contribution in [2.24, 2.45) is 0 Å². The summed E-state index contributed by atoms with van der Waals surface area (Å²) in [5.41, 5.74) is -0.0956. The molecular weight excluding hydrogens is 218 g/mol. The monoisotopic (exact) mass is 245 g/mol. The molecule has 1 amide bonds. The Hall–Kier alpha value is -1.36. The number of rotatable bonds is 2. The van der Waals surface area contributed by atoms with Crippen molar-refractivity contribution in [2.45, 2.75) is 45.1 Å². The topological polar surface area (TPSA) is 67.2 Å². The summed E-state index contributed by atoms with van der Waals surface area (Å²) in [6.07, 6.45) is 1.93. The van der Waals surface area contributed by atoms with Gasteiger partial charge in [0.15, 0.2) is 5.82 Å². The molecule has 1 aliphatic rings. The summed E-state index contributed by atoms with van der Waals surface area (Å²) in [5.74, 6) is 1.23. The maximum absolute atomic E-state index is 11.8. The molecule has 17 heavy (non-hydrogen) atoms. The van der Waals surface area contributed by atoms with Crippen molar-refractivity contribution in [3.05, 3.63) is 11.8 Å². The molecule has 0 radical (unpaired) electrons.